The van der Waals surface area contributed by atoms with Crippen LogP contribution in [0.25, 0.3) is 0 Å². The van der Waals surface area contributed by atoms with Crippen LogP contribution in [0.4, 0.5) is 0 Å². The number of rotatable bonds is 0. The Balaban J connectivity index is 0.000000187. The van der Waals surface area contributed by atoms with Gasteiger partial charge in [0.2, 0.25) is 0 Å². The largest absolute Gasteiger partial charge is 0.397 e. The second kappa shape index (κ2) is 7.88. The lowest BCUT2D eigenvalue weighted by atomic mass is 10.5. The van der Waals surface area contributed by atoms with Gasteiger partial charge in [0.15, 0.2) is 0 Å². The summed E-state index contributed by atoms with van der Waals surface area (Å²) in [5, 5.41) is 10.7. The van der Waals surface area contributed by atoms with Gasteiger partial charge in [-0.05, 0) is 6.92 Å². The van der Waals surface area contributed by atoms with Crippen LogP contribution < -0.4 is 5.32 Å². The molecule has 0 bridgehead atoms. The van der Waals surface area contributed by atoms with Gasteiger partial charge < -0.3 is 15.2 Å². The van der Waals surface area contributed by atoms with Crippen LogP contribution in [0.1, 0.15) is 6.92 Å². The molecule has 56 valence electrons. The maximum atomic E-state index is 7.57. The van der Waals surface area contributed by atoms with Crippen molar-refractivity contribution in [2.24, 2.45) is 0 Å². The fourth-order valence-corrected chi connectivity index (χ4v) is 0.516. The van der Waals surface area contributed by atoms with E-state index >= 15 is 0 Å². The summed E-state index contributed by atoms with van der Waals surface area (Å²) in [7, 11) is 0. The minimum Gasteiger partial charge on any atom is -0.397 e. The Bertz CT molecular complexity index is 34.8. The summed E-state index contributed by atoms with van der Waals surface area (Å²) in [6, 6.07) is 0. The molecule has 0 radical (unpaired) electrons. The monoisotopic (exact) mass is 133 g/mol. The molecule has 3 nitrogen and oxygen atoms in total. The minimum absolute atomic E-state index is 0.250. The summed E-state index contributed by atoms with van der Waals surface area (Å²) in [6.07, 6.45) is 0. The molecule has 1 saturated heterocycles. The number of hydrogen-bond donors (Lipinski definition) is 2. The first-order valence-corrected chi connectivity index (χ1v) is 3.31. The van der Waals surface area contributed by atoms with Gasteiger partial charge in [0.1, 0.15) is 0 Å². The normalized spacial score (nSPS) is 18.0. The Morgan fingerprint density at radius 2 is 1.89 bits per heavy atom. The van der Waals surface area contributed by atoms with Crippen LogP contribution in [-0.4, -0.2) is 38.0 Å². The van der Waals surface area contributed by atoms with Gasteiger partial charge in [-0.2, -0.15) is 0 Å². The van der Waals surface area contributed by atoms with Crippen LogP contribution in [0.5, 0.6) is 0 Å². The zero-order valence-corrected chi connectivity index (χ0v) is 5.89. The van der Waals surface area contributed by atoms with E-state index in [9.17, 15) is 0 Å². The molecule has 1 aliphatic heterocycles. The lowest BCUT2D eigenvalue weighted by Gasteiger charge is -2.10. The van der Waals surface area contributed by atoms with Gasteiger partial charge in [-0.25, -0.2) is 0 Å². The maximum Gasteiger partial charge on any atom is 0.0591 e. The van der Waals surface area contributed by atoms with Crippen molar-refractivity contribution in [3.63, 3.8) is 0 Å². The summed E-state index contributed by atoms with van der Waals surface area (Å²) in [6.45, 7) is 5.76. The minimum atomic E-state index is 0.250. The van der Waals surface area contributed by atoms with Gasteiger partial charge >= 0.3 is 0 Å². The first-order valence-electron chi connectivity index (χ1n) is 3.31. The molecular formula is C6H15NO2. The Kier molecular flexibility index (Phi) is 7.77. The van der Waals surface area contributed by atoms with E-state index in [4.69, 9.17) is 9.84 Å². The van der Waals surface area contributed by atoms with E-state index < -0.39 is 0 Å². The molecule has 0 unspecified atom stereocenters. The van der Waals surface area contributed by atoms with Crippen molar-refractivity contribution < 1.29 is 9.84 Å². The number of aliphatic hydroxyl groups excluding tert-OH is 1. The summed E-state index contributed by atoms with van der Waals surface area (Å²) in [5.74, 6) is 0. The Morgan fingerprint density at radius 1 is 1.44 bits per heavy atom. The SMILES string of the molecule is C1COCCN1.CCO. The van der Waals surface area contributed by atoms with Crippen molar-refractivity contribution in [2.45, 2.75) is 6.92 Å². The molecule has 0 spiro atoms. The van der Waals surface area contributed by atoms with Crippen molar-refractivity contribution in [3.05, 3.63) is 0 Å². The topological polar surface area (TPSA) is 41.5 Å². The maximum absolute atomic E-state index is 7.57. The molecule has 0 aromatic heterocycles. The van der Waals surface area contributed by atoms with E-state index in [0.29, 0.717) is 0 Å². The number of hydrogen-bond acceptors (Lipinski definition) is 3. The first kappa shape index (κ1) is 8.88. The van der Waals surface area contributed by atoms with Crippen molar-refractivity contribution in [3.8, 4) is 0 Å². The van der Waals surface area contributed by atoms with Crippen molar-refractivity contribution >= 4 is 0 Å². The molecule has 1 fully saturated rings. The smallest absolute Gasteiger partial charge is 0.0591 e. The van der Waals surface area contributed by atoms with Crippen LogP contribution >= 0.6 is 0 Å². The van der Waals surface area contributed by atoms with E-state index in [0.717, 1.165) is 26.3 Å². The molecule has 3 heteroatoms. The van der Waals surface area contributed by atoms with Gasteiger partial charge in [0, 0.05) is 19.7 Å². The molecule has 0 aromatic rings. The van der Waals surface area contributed by atoms with E-state index in [1.807, 2.05) is 0 Å². The van der Waals surface area contributed by atoms with Gasteiger partial charge in [-0.15, -0.1) is 0 Å². The second-order valence-corrected chi connectivity index (χ2v) is 1.68. The average molecular weight is 133 g/mol. The molecule has 0 aliphatic carbocycles. The molecule has 1 heterocycles. The predicted octanol–water partition coefficient (Wildman–Crippen LogP) is -0.395. The molecule has 1 rings (SSSR count). The summed E-state index contributed by atoms with van der Waals surface area (Å²) in [5.41, 5.74) is 0. The van der Waals surface area contributed by atoms with E-state index in [2.05, 4.69) is 5.32 Å². The third kappa shape index (κ3) is 7.88. The third-order valence-electron chi connectivity index (χ3n) is 0.846. The van der Waals surface area contributed by atoms with Crippen LogP contribution in [0, 0.1) is 0 Å². The standard InChI is InChI=1S/C4H9NO.C2H6O/c1-3-6-4-2-5-1;1-2-3/h5H,1-4H2;3H,2H2,1H3. The van der Waals surface area contributed by atoms with Crippen LogP contribution in [0.2, 0.25) is 0 Å². The predicted molar refractivity (Wildman–Crippen MR) is 36.4 cm³/mol. The van der Waals surface area contributed by atoms with Crippen molar-refractivity contribution in [1.29, 1.82) is 0 Å². The van der Waals surface area contributed by atoms with Crippen LogP contribution in [-0.2, 0) is 4.74 Å². The van der Waals surface area contributed by atoms with E-state index in [1.54, 1.807) is 6.92 Å². The highest BCUT2D eigenvalue weighted by atomic mass is 16.5. The number of aliphatic hydroxyl groups is 1. The molecule has 0 amide bonds. The van der Waals surface area contributed by atoms with Crippen LogP contribution in [0.3, 0.4) is 0 Å². The van der Waals surface area contributed by atoms with Crippen LogP contribution in [0.15, 0.2) is 0 Å². The lowest BCUT2D eigenvalue weighted by Crippen LogP contribution is -2.30. The highest BCUT2D eigenvalue weighted by Gasteiger charge is 1.92. The quantitative estimate of drug-likeness (QED) is 0.472. The molecule has 1 aliphatic rings. The van der Waals surface area contributed by atoms with E-state index in [-0.39, 0.29) is 6.61 Å². The number of ether oxygens (including phenoxy) is 1. The fraction of sp³-hybridized carbons (Fsp3) is 1.00. The van der Waals surface area contributed by atoms with Crippen molar-refractivity contribution in [1.82, 2.24) is 5.32 Å². The molecule has 0 aromatic carbocycles. The first-order chi connectivity index (χ1) is 4.41. The average Bonchev–Trinajstić information content (AvgIpc) is 1.93. The zero-order valence-electron chi connectivity index (χ0n) is 5.89. The van der Waals surface area contributed by atoms with Gasteiger partial charge in [-0.3, -0.25) is 0 Å². The Labute approximate surface area is 56.0 Å². The van der Waals surface area contributed by atoms with Gasteiger partial charge in [0.25, 0.3) is 0 Å². The molecule has 0 atom stereocenters. The number of nitrogens with one attached hydrogen (secondary N) is 1. The highest BCUT2D eigenvalue weighted by Crippen LogP contribution is 1.76. The van der Waals surface area contributed by atoms with Gasteiger partial charge in [0.05, 0.1) is 13.2 Å². The molecular weight excluding hydrogens is 118 g/mol. The van der Waals surface area contributed by atoms with Gasteiger partial charge in [-0.1, -0.05) is 0 Å². The van der Waals surface area contributed by atoms with E-state index in [1.165, 1.54) is 0 Å². The Hall–Kier alpha value is -0.120. The fourth-order valence-electron chi connectivity index (χ4n) is 0.516. The lowest BCUT2D eigenvalue weighted by molar-refractivity contribution is 0.109. The van der Waals surface area contributed by atoms with Crippen molar-refractivity contribution in [2.75, 3.05) is 32.9 Å². The zero-order chi connectivity index (χ0) is 6.95. The third-order valence-corrected chi connectivity index (χ3v) is 0.846. The highest BCUT2D eigenvalue weighted by molar-refractivity contribution is 4.49. The summed E-state index contributed by atoms with van der Waals surface area (Å²) < 4.78 is 5.01. The Morgan fingerprint density at radius 3 is 2.00 bits per heavy atom. The summed E-state index contributed by atoms with van der Waals surface area (Å²) in [4.78, 5) is 0. The molecule has 2 N–H and O–H groups in total. The second-order valence-electron chi connectivity index (χ2n) is 1.68. The summed E-state index contributed by atoms with van der Waals surface area (Å²) >= 11 is 0. The molecule has 0 saturated carbocycles. The number of morpholine rings is 1. The molecule has 9 heavy (non-hydrogen) atoms.